The molecule has 0 saturated heterocycles. The van der Waals surface area contributed by atoms with Gasteiger partial charge in [0, 0.05) is 17.1 Å². The van der Waals surface area contributed by atoms with Gasteiger partial charge in [-0.15, -0.1) is 0 Å². The highest BCUT2D eigenvalue weighted by Gasteiger charge is 2.13. The molecule has 0 aliphatic rings. The van der Waals surface area contributed by atoms with Gasteiger partial charge in [-0.3, -0.25) is 0 Å². The average Bonchev–Trinajstić information content (AvgIpc) is 2.39. The highest BCUT2D eigenvalue weighted by atomic mass is 35.5. The zero-order chi connectivity index (χ0) is 14.1. The Labute approximate surface area is 123 Å². The highest BCUT2D eigenvalue weighted by molar-refractivity contribution is 6.30. The molecular formula is C17H28ClN. The molecule has 1 rings (SSSR count). The summed E-state index contributed by atoms with van der Waals surface area (Å²) in [4.78, 5) is 0. The first-order valence-electron chi connectivity index (χ1n) is 7.68. The van der Waals surface area contributed by atoms with Crippen LogP contribution in [0.4, 0.5) is 0 Å². The van der Waals surface area contributed by atoms with Crippen LogP contribution in [-0.2, 0) is 0 Å². The second-order valence-corrected chi connectivity index (χ2v) is 5.89. The van der Waals surface area contributed by atoms with Crippen LogP contribution in [0.1, 0.15) is 70.9 Å². The van der Waals surface area contributed by atoms with E-state index in [1.165, 1.54) is 44.1 Å². The smallest absolute Gasteiger partial charge is 0.0406 e. The molecular weight excluding hydrogens is 254 g/mol. The van der Waals surface area contributed by atoms with Crippen molar-refractivity contribution in [2.24, 2.45) is 0 Å². The molecule has 108 valence electrons. The summed E-state index contributed by atoms with van der Waals surface area (Å²) in [5.41, 5.74) is 1.36. The highest BCUT2D eigenvalue weighted by Crippen LogP contribution is 2.22. The van der Waals surface area contributed by atoms with Crippen molar-refractivity contribution in [2.45, 2.75) is 71.4 Å². The Hall–Kier alpha value is -0.530. The molecule has 2 atom stereocenters. The van der Waals surface area contributed by atoms with Crippen LogP contribution in [0, 0.1) is 0 Å². The molecule has 0 saturated carbocycles. The van der Waals surface area contributed by atoms with E-state index in [-0.39, 0.29) is 0 Å². The fourth-order valence-corrected chi connectivity index (χ4v) is 2.58. The Kier molecular flexibility index (Phi) is 8.16. The van der Waals surface area contributed by atoms with Crippen LogP contribution >= 0.6 is 11.6 Å². The molecule has 1 aromatic rings. The van der Waals surface area contributed by atoms with Gasteiger partial charge in [0.25, 0.3) is 0 Å². The predicted molar refractivity (Wildman–Crippen MR) is 85.8 cm³/mol. The molecule has 0 bridgehead atoms. The Morgan fingerprint density at radius 3 is 2.26 bits per heavy atom. The SMILES string of the molecule is CCCCCC(C)NC(CCC)c1ccc(Cl)cc1. The molecule has 0 spiro atoms. The zero-order valence-electron chi connectivity index (χ0n) is 12.6. The number of hydrogen-bond donors (Lipinski definition) is 1. The third-order valence-corrected chi connectivity index (χ3v) is 3.83. The minimum Gasteiger partial charge on any atom is -0.307 e. The molecule has 0 radical (unpaired) electrons. The maximum Gasteiger partial charge on any atom is 0.0406 e. The molecule has 0 amide bonds. The number of hydrogen-bond acceptors (Lipinski definition) is 1. The average molecular weight is 282 g/mol. The molecule has 1 aromatic carbocycles. The topological polar surface area (TPSA) is 12.0 Å². The van der Waals surface area contributed by atoms with Crippen LogP contribution < -0.4 is 5.32 Å². The molecule has 0 aliphatic heterocycles. The van der Waals surface area contributed by atoms with Crippen molar-refractivity contribution in [1.82, 2.24) is 5.32 Å². The first-order chi connectivity index (χ1) is 9.17. The summed E-state index contributed by atoms with van der Waals surface area (Å²) in [5, 5.41) is 4.58. The Morgan fingerprint density at radius 1 is 1.00 bits per heavy atom. The fraction of sp³-hybridized carbons (Fsp3) is 0.647. The van der Waals surface area contributed by atoms with Gasteiger partial charge in [-0.1, -0.05) is 63.3 Å². The minimum absolute atomic E-state index is 0.457. The first-order valence-corrected chi connectivity index (χ1v) is 8.06. The molecule has 1 N–H and O–H groups in total. The monoisotopic (exact) mass is 281 g/mol. The van der Waals surface area contributed by atoms with Crippen molar-refractivity contribution in [3.63, 3.8) is 0 Å². The van der Waals surface area contributed by atoms with E-state index < -0.39 is 0 Å². The van der Waals surface area contributed by atoms with E-state index in [9.17, 15) is 0 Å². The molecule has 0 fully saturated rings. The van der Waals surface area contributed by atoms with Gasteiger partial charge in [-0.2, -0.15) is 0 Å². The normalized spacial score (nSPS) is 14.3. The molecule has 2 heteroatoms. The number of benzene rings is 1. The van der Waals surface area contributed by atoms with Gasteiger partial charge in [-0.05, 0) is 37.5 Å². The fourth-order valence-electron chi connectivity index (χ4n) is 2.46. The summed E-state index contributed by atoms with van der Waals surface area (Å²) in [7, 11) is 0. The second-order valence-electron chi connectivity index (χ2n) is 5.46. The standard InChI is InChI=1S/C17H28ClN/c1-4-6-7-9-14(3)19-17(8-5-2)15-10-12-16(18)13-11-15/h10-14,17,19H,4-9H2,1-3H3. The van der Waals surface area contributed by atoms with Crippen molar-refractivity contribution in [3.05, 3.63) is 34.9 Å². The largest absolute Gasteiger partial charge is 0.307 e. The van der Waals surface area contributed by atoms with Crippen LogP contribution in [0.25, 0.3) is 0 Å². The van der Waals surface area contributed by atoms with Gasteiger partial charge in [0.05, 0.1) is 0 Å². The quantitative estimate of drug-likeness (QED) is 0.569. The van der Waals surface area contributed by atoms with E-state index >= 15 is 0 Å². The lowest BCUT2D eigenvalue weighted by Crippen LogP contribution is -2.30. The third-order valence-electron chi connectivity index (χ3n) is 3.58. The summed E-state index contributed by atoms with van der Waals surface area (Å²) in [5.74, 6) is 0. The van der Waals surface area contributed by atoms with Crippen molar-refractivity contribution >= 4 is 11.6 Å². The predicted octanol–water partition coefficient (Wildman–Crippen LogP) is 5.74. The number of unbranched alkanes of at least 4 members (excludes halogenated alkanes) is 2. The van der Waals surface area contributed by atoms with Crippen molar-refractivity contribution in [2.75, 3.05) is 0 Å². The summed E-state index contributed by atoms with van der Waals surface area (Å²) < 4.78 is 0. The van der Waals surface area contributed by atoms with Crippen LogP contribution in [-0.4, -0.2) is 6.04 Å². The first kappa shape index (κ1) is 16.5. The summed E-state index contributed by atoms with van der Waals surface area (Å²) >= 11 is 5.96. The number of nitrogens with one attached hydrogen (secondary N) is 1. The van der Waals surface area contributed by atoms with Gasteiger partial charge < -0.3 is 5.32 Å². The maximum atomic E-state index is 5.96. The second kappa shape index (κ2) is 9.39. The van der Waals surface area contributed by atoms with Gasteiger partial charge in [-0.25, -0.2) is 0 Å². The van der Waals surface area contributed by atoms with E-state index in [4.69, 9.17) is 11.6 Å². The Morgan fingerprint density at radius 2 is 1.68 bits per heavy atom. The molecule has 1 nitrogen and oxygen atoms in total. The lowest BCUT2D eigenvalue weighted by Gasteiger charge is -2.23. The molecule has 2 unspecified atom stereocenters. The Bertz CT molecular complexity index is 334. The van der Waals surface area contributed by atoms with E-state index in [1.54, 1.807) is 0 Å². The minimum atomic E-state index is 0.457. The van der Waals surface area contributed by atoms with Crippen LogP contribution in [0.5, 0.6) is 0 Å². The number of rotatable bonds is 9. The van der Waals surface area contributed by atoms with E-state index in [2.05, 4.69) is 38.2 Å². The van der Waals surface area contributed by atoms with Crippen molar-refractivity contribution in [1.29, 1.82) is 0 Å². The van der Waals surface area contributed by atoms with Gasteiger partial charge in [0.15, 0.2) is 0 Å². The van der Waals surface area contributed by atoms with E-state index in [0.717, 1.165) is 5.02 Å². The summed E-state index contributed by atoms with van der Waals surface area (Å²) in [6.07, 6.45) is 7.60. The molecule has 0 heterocycles. The third kappa shape index (κ3) is 6.44. The molecule has 0 aliphatic carbocycles. The lowest BCUT2D eigenvalue weighted by molar-refractivity contribution is 0.404. The number of halogens is 1. The van der Waals surface area contributed by atoms with Crippen LogP contribution in [0.15, 0.2) is 24.3 Å². The van der Waals surface area contributed by atoms with Crippen molar-refractivity contribution in [3.8, 4) is 0 Å². The van der Waals surface area contributed by atoms with Gasteiger partial charge >= 0.3 is 0 Å². The van der Waals surface area contributed by atoms with Crippen LogP contribution in [0.3, 0.4) is 0 Å². The van der Waals surface area contributed by atoms with E-state index in [1.807, 2.05) is 12.1 Å². The zero-order valence-corrected chi connectivity index (χ0v) is 13.3. The van der Waals surface area contributed by atoms with Gasteiger partial charge in [0.1, 0.15) is 0 Å². The van der Waals surface area contributed by atoms with Crippen molar-refractivity contribution < 1.29 is 0 Å². The van der Waals surface area contributed by atoms with E-state index in [0.29, 0.717) is 12.1 Å². The Balaban J connectivity index is 2.54. The summed E-state index contributed by atoms with van der Waals surface area (Å²) in [6.45, 7) is 6.80. The van der Waals surface area contributed by atoms with Crippen LogP contribution in [0.2, 0.25) is 5.02 Å². The maximum absolute atomic E-state index is 5.96. The summed E-state index contributed by atoms with van der Waals surface area (Å²) in [6, 6.07) is 9.31. The molecule has 0 aromatic heterocycles. The molecule has 19 heavy (non-hydrogen) atoms. The lowest BCUT2D eigenvalue weighted by atomic mass is 10.0. The van der Waals surface area contributed by atoms with Gasteiger partial charge in [0.2, 0.25) is 0 Å².